The van der Waals surface area contributed by atoms with Crippen LogP contribution in [0, 0.1) is 0 Å². The zero-order valence-corrected chi connectivity index (χ0v) is 7.18. The van der Waals surface area contributed by atoms with Crippen LogP contribution in [0.1, 0.15) is 5.82 Å². The lowest BCUT2D eigenvalue weighted by Crippen LogP contribution is -2.04. The number of anilines is 2. The number of nitrogens with two attached hydrogens (primary N) is 1. The van der Waals surface area contributed by atoms with E-state index < -0.39 is 0 Å². The summed E-state index contributed by atoms with van der Waals surface area (Å²) in [4.78, 5) is 7.86. The average Bonchev–Trinajstić information content (AvgIpc) is 2.70. The van der Waals surface area contributed by atoms with E-state index in [4.69, 9.17) is 5.73 Å². The van der Waals surface area contributed by atoms with Crippen molar-refractivity contribution in [3.8, 4) is 0 Å². The largest absolute Gasteiger partial charge is 0.382 e. The molecule has 0 saturated carbocycles. The lowest BCUT2D eigenvalue weighted by Gasteiger charge is -2.00. The summed E-state index contributed by atoms with van der Waals surface area (Å²) in [7, 11) is 0. The average molecular weight is 192 g/mol. The van der Waals surface area contributed by atoms with Crippen molar-refractivity contribution in [2.24, 2.45) is 0 Å². The molecule has 2 heterocycles. The molecular formula is C6H8N8. The Morgan fingerprint density at radius 2 is 2.29 bits per heavy atom. The third-order valence-corrected chi connectivity index (χ3v) is 1.49. The lowest BCUT2D eigenvalue weighted by molar-refractivity contribution is 0.881. The normalized spacial score (nSPS) is 10.0. The quantitative estimate of drug-likeness (QED) is 0.581. The van der Waals surface area contributed by atoms with Crippen LogP contribution in [-0.4, -0.2) is 30.6 Å². The van der Waals surface area contributed by atoms with E-state index in [2.05, 4.69) is 35.9 Å². The highest BCUT2D eigenvalue weighted by molar-refractivity contribution is 5.35. The fourth-order valence-electron chi connectivity index (χ4n) is 0.856. The first-order chi connectivity index (χ1) is 6.84. The van der Waals surface area contributed by atoms with Crippen molar-refractivity contribution in [2.45, 2.75) is 6.54 Å². The summed E-state index contributed by atoms with van der Waals surface area (Å²) in [6, 6.07) is 0. The minimum Gasteiger partial charge on any atom is -0.382 e. The summed E-state index contributed by atoms with van der Waals surface area (Å²) in [6.07, 6.45) is 3.01. The van der Waals surface area contributed by atoms with Gasteiger partial charge in [0, 0.05) is 0 Å². The van der Waals surface area contributed by atoms with E-state index in [0.717, 1.165) is 0 Å². The zero-order valence-electron chi connectivity index (χ0n) is 7.18. The number of nitrogens with one attached hydrogen (secondary N) is 2. The first-order valence-electron chi connectivity index (χ1n) is 3.88. The molecule has 0 radical (unpaired) electrons. The first-order valence-corrected chi connectivity index (χ1v) is 3.88. The van der Waals surface area contributed by atoms with Gasteiger partial charge in [0.2, 0.25) is 0 Å². The number of aromatic nitrogens is 6. The monoisotopic (exact) mass is 192 g/mol. The molecule has 2 aromatic rings. The summed E-state index contributed by atoms with van der Waals surface area (Å²) < 4.78 is 0. The number of hydrogen-bond donors (Lipinski definition) is 3. The van der Waals surface area contributed by atoms with Gasteiger partial charge in [-0.1, -0.05) is 5.21 Å². The molecule has 72 valence electrons. The van der Waals surface area contributed by atoms with Crippen molar-refractivity contribution < 1.29 is 0 Å². The number of nitrogens with zero attached hydrogens (tertiary/aromatic N) is 5. The molecule has 8 nitrogen and oxygen atoms in total. The second-order valence-electron chi connectivity index (χ2n) is 2.51. The highest BCUT2D eigenvalue weighted by Gasteiger charge is 1.98. The Kier molecular flexibility index (Phi) is 2.17. The van der Waals surface area contributed by atoms with E-state index in [1.807, 2.05) is 0 Å². The van der Waals surface area contributed by atoms with Gasteiger partial charge in [-0.15, -0.1) is 10.2 Å². The minimum absolute atomic E-state index is 0.384. The third kappa shape index (κ3) is 1.91. The van der Waals surface area contributed by atoms with Crippen LogP contribution in [0.2, 0.25) is 0 Å². The van der Waals surface area contributed by atoms with Gasteiger partial charge < -0.3 is 11.1 Å². The molecule has 0 aliphatic rings. The van der Waals surface area contributed by atoms with E-state index in [-0.39, 0.29) is 0 Å². The Balaban J connectivity index is 1.95. The molecule has 2 aromatic heterocycles. The molecular weight excluding hydrogens is 184 g/mol. The number of nitrogen functional groups attached to an aromatic ring is 1. The SMILES string of the molecule is Nc1cnc(NCc2nn[nH]n2)cn1. The summed E-state index contributed by atoms with van der Waals surface area (Å²) >= 11 is 0. The molecule has 8 heteroatoms. The van der Waals surface area contributed by atoms with Crippen LogP contribution in [0.15, 0.2) is 12.4 Å². The number of aromatic amines is 1. The van der Waals surface area contributed by atoms with Gasteiger partial charge in [-0.25, -0.2) is 9.97 Å². The van der Waals surface area contributed by atoms with Crippen LogP contribution in [0.25, 0.3) is 0 Å². The molecule has 0 fully saturated rings. The minimum atomic E-state index is 0.384. The summed E-state index contributed by atoms with van der Waals surface area (Å²) in [6.45, 7) is 0.440. The van der Waals surface area contributed by atoms with Crippen molar-refractivity contribution in [3.05, 3.63) is 18.2 Å². The van der Waals surface area contributed by atoms with Gasteiger partial charge in [0.05, 0.1) is 18.9 Å². The molecule has 2 rings (SSSR count). The fraction of sp³-hybridized carbons (Fsp3) is 0.167. The zero-order chi connectivity index (χ0) is 9.80. The first kappa shape index (κ1) is 8.35. The Bertz CT molecular complexity index is 379. The van der Waals surface area contributed by atoms with Gasteiger partial charge in [0.25, 0.3) is 0 Å². The van der Waals surface area contributed by atoms with Crippen molar-refractivity contribution in [1.29, 1.82) is 0 Å². The van der Waals surface area contributed by atoms with E-state index in [1.165, 1.54) is 12.4 Å². The van der Waals surface area contributed by atoms with Crippen LogP contribution in [-0.2, 0) is 6.54 Å². The number of H-pyrrole nitrogens is 1. The fourth-order valence-corrected chi connectivity index (χ4v) is 0.856. The second-order valence-corrected chi connectivity index (χ2v) is 2.51. The smallest absolute Gasteiger partial charge is 0.193 e. The Morgan fingerprint density at radius 1 is 1.36 bits per heavy atom. The molecule has 0 aliphatic heterocycles. The molecule has 0 aliphatic carbocycles. The van der Waals surface area contributed by atoms with Gasteiger partial charge in [0.15, 0.2) is 5.82 Å². The second kappa shape index (κ2) is 3.64. The van der Waals surface area contributed by atoms with Gasteiger partial charge in [0.1, 0.15) is 11.6 Å². The van der Waals surface area contributed by atoms with Gasteiger partial charge >= 0.3 is 0 Å². The summed E-state index contributed by atoms with van der Waals surface area (Å²) in [5.74, 6) is 1.56. The van der Waals surface area contributed by atoms with Gasteiger partial charge in [-0.3, -0.25) is 0 Å². The number of rotatable bonds is 3. The lowest BCUT2D eigenvalue weighted by atomic mass is 10.5. The molecule has 0 bridgehead atoms. The summed E-state index contributed by atoms with van der Waals surface area (Å²) in [5, 5.41) is 16.3. The maximum atomic E-state index is 5.38. The molecule has 0 aromatic carbocycles. The maximum absolute atomic E-state index is 5.38. The third-order valence-electron chi connectivity index (χ3n) is 1.49. The maximum Gasteiger partial charge on any atom is 0.193 e. The van der Waals surface area contributed by atoms with Gasteiger partial charge in [-0.05, 0) is 0 Å². The van der Waals surface area contributed by atoms with Crippen LogP contribution < -0.4 is 11.1 Å². The van der Waals surface area contributed by atoms with E-state index in [1.54, 1.807) is 0 Å². The van der Waals surface area contributed by atoms with Crippen LogP contribution in [0.3, 0.4) is 0 Å². The van der Waals surface area contributed by atoms with E-state index >= 15 is 0 Å². The molecule has 0 saturated heterocycles. The molecule has 4 N–H and O–H groups in total. The Labute approximate surface area is 79.0 Å². The van der Waals surface area contributed by atoms with Crippen LogP contribution >= 0.6 is 0 Å². The predicted octanol–water partition coefficient (Wildman–Crippen LogP) is -0.816. The summed E-state index contributed by atoms with van der Waals surface area (Å²) in [5.41, 5.74) is 5.38. The van der Waals surface area contributed by atoms with Crippen molar-refractivity contribution in [3.63, 3.8) is 0 Å². The molecule has 0 amide bonds. The van der Waals surface area contributed by atoms with Crippen LogP contribution in [0.4, 0.5) is 11.6 Å². The van der Waals surface area contributed by atoms with Crippen molar-refractivity contribution >= 4 is 11.6 Å². The number of tetrazole rings is 1. The van der Waals surface area contributed by atoms with Crippen LogP contribution in [0.5, 0.6) is 0 Å². The van der Waals surface area contributed by atoms with Crippen molar-refractivity contribution in [2.75, 3.05) is 11.1 Å². The standard InChI is InChI=1S/C6H8N8/c7-4-1-9-5(2-8-4)10-3-6-11-13-14-12-6/h1-2H,3H2,(H2,7,8)(H,9,10)(H,11,12,13,14). The van der Waals surface area contributed by atoms with E-state index in [9.17, 15) is 0 Å². The van der Waals surface area contributed by atoms with Crippen molar-refractivity contribution in [1.82, 2.24) is 30.6 Å². The Morgan fingerprint density at radius 3 is 2.93 bits per heavy atom. The Hall–Kier alpha value is -2.25. The number of hydrogen-bond acceptors (Lipinski definition) is 7. The highest BCUT2D eigenvalue weighted by Crippen LogP contribution is 2.02. The molecule has 0 atom stereocenters. The van der Waals surface area contributed by atoms with E-state index in [0.29, 0.717) is 24.0 Å². The molecule has 0 unspecified atom stereocenters. The molecule has 0 spiro atoms. The van der Waals surface area contributed by atoms with Gasteiger partial charge in [-0.2, -0.15) is 5.21 Å². The molecule has 14 heavy (non-hydrogen) atoms. The predicted molar refractivity (Wildman–Crippen MR) is 47.9 cm³/mol. The topological polar surface area (TPSA) is 118 Å². The highest BCUT2D eigenvalue weighted by atomic mass is 15.5.